The zero-order valence-corrected chi connectivity index (χ0v) is 19.7. The van der Waals surface area contributed by atoms with Crippen LogP contribution in [-0.4, -0.2) is 33.6 Å². The number of allylic oxidation sites excluding steroid dienone is 1. The number of halogens is 1. The molecular weight excluding hydrogens is 433 g/mol. The topological polar surface area (TPSA) is 80.1 Å². The van der Waals surface area contributed by atoms with E-state index in [1.54, 1.807) is 61.4 Å². The van der Waals surface area contributed by atoms with Gasteiger partial charge in [-0.1, -0.05) is 19.6 Å². The highest BCUT2D eigenvalue weighted by molar-refractivity contribution is 6.20. The van der Waals surface area contributed by atoms with Gasteiger partial charge in [0.15, 0.2) is 0 Å². The minimum absolute atomic E-state index is 0.131. The molecule has 1 N–H and O–H groups in total. The number of benzene rings is 1. The molecule has 0 fully saturated rings. The van der Waals surface area contributed by atoms with Crippen LogP contribution in [0.2, 0.25) is 0 Å². The molecule has 2 heterocycles. The summed E-state index contributed by atoms with van der Waals surface area (Å²) in [6, 6.07) is 9.26. The zero-order valence-electron chi connectivity index (χ0n) is 19.7. The fraction of sp³-hybridized carbons (Fsp3) is 0.231. The maximum atomic E-state index is 13.3. The Bertz CT molecular complexity index is 1230. The van der Waals surface area contributed by atoms with Crippen LogP contribution in [0.1, 0.15) is 50.1 Å². The molecule has 0 aliphatic rings. The fourth-order valence-corrected chi connectivity index (χ4v) is 3.61. The van der Waals surface area contributed by atoms with E-state index in [-0.39, 0.29) is 23.7 Å². The lowest BCUT2D eigenvalue weighted by Gasteiger charge is -2.21. The van der Waals surface area contributed by atoms with Crippen LogP contribution in [0.4, 0.5) is 10.2 Å². The minimum atomic E-state index is -0.343. The van der Waals surface area contributed by atoms with Crippen molar-refractivity contribution in [2.75, 3.05) is 11.9 Å². The van der Waals surface area contributed by atoms with Crippen molar-refractivity contribution in [3.63, 3.8) is 0 Å². The Morgan fingerprint density at radius 1 is 1.26 bits per heavy atom. The predicted molar refractivity (Wildman–Crippen MR) is 132 cm³/mol. The van der Waals surface area contributed by atoms with E-state index in [0.717, 1.165) is 5.56 Å². The van der Waals surface area contributed by atoms with Gasteiger partial charge in [0.2, 0.25) is 5.91 Å². The number of nitrogens with zero attached hydrogens (tertiary/aromatic N) is 4. The van der Waals surface area contributed by atoms with Gasteiger partial charge >= 0.3 is 0 Å². The number of carbonyl (C=O) groups excluding carboxylic acids is 2. The van der Waals surface area contributed by atoms with Crippen molar-refractivity contribution in [2.45, 2.75) is 33.2 Å². The normalized spacial score (nSPS) is 12.2. The third kappa shape index (κ3) is 5.11. The van der Waals surface area contributed by atoms with Gasteiger partial charge in [0.1, 0.15) is 11.6 Å². The Hall–Kier alpha value is -4.07. The molecule has 1 unspecified atom stereocenters. The number of hydrogen-bond acceptors (Lipinski definition) is 4. The molecular formula is C26H28FN5O2. The molecule has 0 aliphatic heterocycles. The molecule has 2 aromatic heterocycles. The van der Waals surface area contributed by atoms with Crippen LogP contribution in [0.25, 0.3) is 17.3 Å². The highest BCUT2D eigenvalue weighted by atomic mass is 19.1. The van der Waals surface area contributed by atoms with Gasteiger partial charge in [-0.15, -0.1) is 0 Å². The Morgan fingerprint density at radius 2 is 1.97 bits per heavy atom. The van der Waals surface area contributed by atoms with Crippen molar-refractivity contribution in [1.82, 2.24) is 20.1 Å². The van der Waals surface area contributed by atoms with Gasteiger partial charge in [-0.3, -0.25) is 9.59 Å². The smallest absolute Gasteiger partial charge is 0.252 e. The van der Waals surface area contributed by atoms with Gasteiger partial charge in [0.05, 0.1) is 23.6 Å². The summed E-state index contributed by atoms with van der Waals surface area (Å²) < 4.78 is 15.0. The fourth-order valence-electron chi connectivity index (χ4n) is 3.61. The molecule has 176 valence electrons. The first-order valence-corrected chi connectivity index (χ1v) is 10.9. The number of hydrogen-bond donors (Lipinski definition) is 1. The van der Waals surface area contributed by atoms with Gasteiger partial charge < -0.3 is 10.2 Å². The lowest BCUT2D eigenvalue weighted by atomic mass is 10.0. The van der Waals surface area contributed by atoms with Crippen LogP contribution in [0.3, 0.4) is 0 Å². The zero-order chi connectivity index (χ0) is 24.8. The molecule has 3 rings (SSSR count). The van der Waals surface area contributed by atoms with E-state index in [1.807, 2.05) is 13.0 Å². The van der Waals surface area contributed by atoms with E-state index in [0.29, 0.717) is 34.8 Å². The Morgan fingerprint density at radius 3 is 2.56 bits per heavy atom. The van der Waals surface area contributed by atoms with Crippen LogP contribution >= 0.6 is 0 Å². The lowest BCUT2D eigenvalue weighted by molar-refractivity contribution is -0.117. The lowest BCUT2D eigenvalue weighted by Crippen LogP contribution is -2.29. The number of nitrogens with one attached hydrogen (secondary N) is 1. The first kappa shape index (κ1) is 24.6. The predicted octanol–water partition coefficient (Wildman–Crippen LogP) is 4.70. The van der Waals surface area contributed by atoms with Crippen molar-refractivity contribution < 1.29 is 14.0 Å². The van der Waals surface area contributed by atoms with Crippen molar-refractivity contribution in [1.29, 1.82) is 0 Å². The number of rotatable bonds is 8. The molecule has 1 aromatic carbocycles. The van der Waals surface area contributed by atoms with Gasteiger partial charge in [0.25, 0.3) is 5.91 Å². The monoisotopic (exact) mass is 461 g/mol. The standard InChI is InChI=1S/C26H28FN5O2/c1-6-21(22-16-29-32(24(22)8-3)20-11-9-19(27)10-12-20)26(34)30-23(7-2)18-13-14-28-25(15-18)31(5)17(4)33/h6,8-16,23H,3,7H2,1-2,4-5H3,(H,30,34)/b21-6+. The van der Waals surface area contributed by atoms with E-state index >= 15 is 0 Å². The van der Waals surface area contributed by atoms with Crippen LogP contribution in [0.15, 0.2) is 61.4 Å². The molecule has 0 aliphatic carbocycles. The number of amides is 2. The second-order valence-electron chi connectivity index (χ2n) is 7.70. The Balaban J connectivity index is 1.89. The number of anilines is 1. The summed E-state index contributed by atoms with van der Waals surface area (Å²) in [5.74, 6) is -0.231. The summed E-state index contributed by atoms with van der Waals surface area (Å²) in [6.45, 7) is 9.09. The minimum Gasteiger partial charge on any atom is -0.345 e. The summed E-state index contributed by atoms with van der Waals surface area (Å²) >= 11 is 0. The summed E-state index contributed by atoms with van der Waals surface area (Å²) in [6.07, 6.45) is 7.20. The summed E-state index contributed by atoms with van der Waals surface area (Å²) in [4.78, 5) is 30.7. The Kier molecular flexibility index (Phi) is 7.73. The van der Waals surface area contributed by atoms with Crippen LogP contribution in [0, 0.1) is 5.82 Å². The maximum Gasteiger partial charge on any atom is 0.252 e. The molecule has 0 saturated carbocycles. The molecule has 34 heavy (non-hydrogen) atoms. The van der Waals surface area contributed by atoms with Crippen LogP contribution in [0.5, 0.6) is 0 Å². The number of carbonyl (C=O) groups is 2. The average molecular weight is 462 g/mol. The quantitative estimate of drug-likeness (QED) is 0.493. The number of aromatic nitrogens is 3. The summed E-state index contributed by atoms with van der Waals surface area (Å²) in [7, 11) is 1.65. The molecule has 0 saturated heterocycles. The largest absolute Gasteiger partial charge is 0.345 e. The van der Waals surface area contributed by atoms with E-state index in [9.17, 15) is 14.0 Å². The molecule has 7 nitrogen and oxygen atoms in total. The Labute approximate surface area is 198 Å². The first-order chi connectivity index (χ1) is 16.3. The SMILES string of the molecule is C=Cc1c(/C(=C\C)C(=O)NC(CC)c2ccnc(N(C)C(C)=O)c2)cnn1-c1ccc(F)cc1. The summed E-state index contributed by atoms with van der Waals surface area (Å²) in [5.41, 5.74) is 3.18. The van der Waals surface area contributed by atoms with Crippen molar-refractivity contribution in [3.05, 3.63) is 84.1 Å². The summed E-state index contributed by atoms with van der Waals surface area (Å²) in [5, 5.41) is 7.48. The number of pyridine rings is 1. The van der Waals surface area contributed by atoms with Crippen LogP contribution in [-0.2, 0) is 9.59 Å². The molecule has 2 amide bonds. The third-order valence-electron chi connectivity index (χ3n) is 5.60. The maximum absolute atomic E-state index is 13.3. The molecule has 0 spiro atoms. The highest BCUT2D eigenvalue weighted by Crippen LogP contribution is 2.26. The van der Waals surface area contributed by atoms with Crippen LogP contribution < -0.4 is 10.2 Å². The molecule has 8 heteroatoms. The molecule has 0 bridgehead atoms. The van der Waals surface area contributed by atoms with Crippen molar-refractivity contribution in [3.8, 4) is 5.69 Å². The second-order valence-corrected chi connectivity index (χ2v) is 7.70. The molecule has 3 aromatic rings. The first-order valence-electron chi connectivity index (χ1n) is 10.9. The van der Waals surface area contributed by atoms with Gasteiger partial charge in [0, 0.05) is 31.3 Å². The van der Waals surface area contributed by atoms with Crippen molar-refractivity contribution >= 4 is 29.3 Å². The molecule has 1 atom stereocenters. The second kappa shape index (κ2) is 10.7. The average Bonchev–Trinajstić information content (AvgIpc) is 3.26. The van der Waals surface area contributed by atoms with E-state index in [1.165, 1.54) is 24.0 Å². The van der Waals surface area contributed by atoms with Crippen molar-refractivity contribution in [2.24, 2.45) is 0 Å². The highest BCUT2D eigenvalue weighted by Gasteiger charge is 2.22. The van der Waals surface area contributed by atoms with E-state index in [2.05, 4.69) is 22.0 Å². The van der Waals surface area contributed by atoms with E-state index in [4.69, 9.17) is 0 Å². The van der Waals surface area contributed by atoms with E-state index < -0.39 is 0 Å². The third-order valence-corrected chi connectivity index (χ3v) is 5.60. The van der Waals surface area contributed by atoms with Gasteiger partial charge in [-0.25, -0.2) is 14.1 Å². The molecule has 0 radical (unpaired) electrons. The van der Waals surface area contributed by atoms with Gasteiger partial charge in [-0.05, 0) is 61.4 Å². The van der Waals surface area contributed by atoms with Gasteiger partial charge in [-0.2, -0.15) is 5.10 Å².